The maximum atomic E-state index is 11.2. The monoisotopic (exact) mass is 435 g/mol. The Bertz CT molecular complexity index is 1070. The van der Waals surface area contributed by atoms with Crippen molar-refractivity contribution >= 4 is 5.97 Å². The molecule has 0 aromatic heterocycles. The highest BCUT2D eigenvalue weighted by atomic mass is 16.5. The molecule has 3 aromatic rings. The van der Waals surface area contributed by atoms with Crippen LogP contribution in [-0.2, 0) is 22.6 Å². The van der Waals surface area contributed by atoms with Gasteiger partial charge >= 0.3 is 5.97 Å². The average Bonchev–Trinajstić information content (AvgIpc) is 2.82. The van der Waals surface area contributed by atoms with Crippen molar-refractivity contribution in [1.29, 1.82) is 0 Å². The molecule has 2 atom stereocenters. The molecule has 6 nitrogen and oxygen atoms in total. The van der Waals surface area contributed by atoms with E-state index in [2.05, 4.69) is 6.07 Å². The Morgan fingerprint density at radius 1 is 1.00 bits per heavy atom. The molecule has 0 aliphatic rings. The van der Waals surface area contributed by atoms with Crippen molar-refractivity contribution in [2.24, 2.45) is 5.73 Å². The van der Waals surface area contributed by atoms with Gasteiger partial charge in [-0.15, -0.1) is 0 Å². The molecule has 4 N–H and O–H groups in total. The number of rotatable bonds is 10. The van der Waals surface area contributed by atoms with E-state index in [0.717, 1.165) is 27.8 Å². The van der Waals surface area contributed by atoms with Crippen LogP contribution in [0.1, 0.15) is 41.3 Å². The quantitative estimate of drug-likeness (QED) is 0.440. The summed E-state index contributed by atoms with van der Waals surface area (Å²) >= 11 is 0. The molecule has 0 radical (unpaired) electrons. The van der Waals surface area contributed by atoms with Crippen molar-refractivity contribution in [2.75, 3.05) is 13.7 Å². The van der Waals surface area contributed by atoms with Crippen LogP contribution in [0.25, 0.3) is 11.1 Å². The van der Waals surface area contributed by atoms with Gasteiger partial charge in [0.25, 0.3) is 0 Å². The van der Waals surface area contributed by atoms with Crippen LogP contribution in [0.5, 0.6) is 5.75 Å². The van der Waals surface area contributed by atoms with E-state index in [-0.39, 0.29) is 25.7 Å². The van der Waals surface area contributed by atoms with E-state index in [9.17, 15) is 9.90 Å². The van der Waals surface area contributed by atoms with E-state index in [4.69, 9.17) is 20.3 Å². The first-order chi connectivity index (χ1) is 15.4. The highest BCUT2D eigenvalue weighted by Crippen LogP contribution is 2.29. The van der Waals surface area contributed by atoms with Crippen molar-refractivity contribution < 1.29 is 24.5 Å². The minimum atomic E-state index is -0.903. The van der Waals surface area contributed by atoms with Gasteiger partial charge < -0.3 is 25.4 Å². The molecule has 0 heterocycles. The molecule has 3 aromatic carbocycles. The molecule has 0 amide bonds. The number of para-hydroxylation sites is 1. The van der Waals surface area contributed by atoms with Crippen molar-refractivity contribution in [3.05, 3.63) is 89.0 Å². The zero-order chi connectivity index (χ0) is 23.1. The number of aliphatic hydroxyl groups is 1. The topological polar surface area (TPSA) is 102 Å². The summed E-state index contributed by atoms with van der Waals surface area (Å²) in [4.78, 5) is 11.2. The number of aliphatic hydroxyl groups excluding tert-OH is 1. The van der Waals surface area contributed by atoms with E-state index in [0.29, 0.717) is 11.3 Å². The zero-order valence-corrected chi connectivity index (χ0v) is 18.3. The second kappa shape index (κ2) is 10.9. The number of aliphatic carboxylic acids is 1. The second-order valence-electron chi connectivity index (χ2n) is 7.72. The molecule has 0 bridgehead atoms. The summed E-state index contributed by atoms with van der Waals surface area (Å²) in [7, 11) is 1.66. The van der Waals surface area contributed by atoms with Gasteiger partial charge in [-0.2, -0.15) is 0 Å². The first-order valence-electron chi connectivity index (χ1n) is 10.5. The maximum absolute atomic E-state index is 11.2. The smallest absolute Gasteiger partial charge is 0.307 e. The van der Waals surface area contributed by atoms with Crippen LogP contribution < -0.4 is 10.5 Å². The summed E-state index contributed by atoms with van der Waals surface area (Å²) in [5.74, 6) is -0.349. The van der Waals surface area contributed by atoms with Crippen LogP contribution in [0.4, 0.5) is 0 Å². The number of hydrogen-bond acceptors (Lipinski definition) is 5. The van der Waals surface area contributed by atoms with Crippen LogP contribution in [-0.4, -0.2) is 29.9 Å². The summed E-state index contributed by atoms with van der Waals surface area (Å²) < 4.78 is 11.5. The third-order valence-electron chi connectivity index (χ3n) is 5.39. The Kier molecular flexibility index (Phi) is 8.00. The molecular weight excluding hydrogens is 406 g/mol. The highest BCUT2D eigenvalue weighted by Gasteiger charge is 2.13. The van der Waals surface area contributed by atoms with Gasteiger partial charge in [-0.05, 0) is 65.1 Å². The van der Waals surface area contributed by atoms with Gasteiger partial charge in [-0.25, -0.2) is 0 Å². The van der Waals surface area contributed by atoms with E-state index >= 15 is 0 Å². The van der Waals surface area contributed by atoms with Gasteiger partial charge in [0.2, 0.25) is 0 Å². The van der Waals surface area contributed by atoms with E-state index < -0.39 is 12.0 Å². The standard InChI is InChI=1S/C26H29NO5/c1-17(31-2)22-10-18(16-32-25-9-4-3-6-21(25)14-26(29)30)11-23(13-22)19-7-5-8-20(12-19)24(27)15-28/h3-13,17,24,28H,14-16,27H2,1-2H3,(H,29,30)/t17?,24-/m1/s1. The minimum absolute atomic E-state index is 0.0971. The lowest BCUT2D eigenvalue weighted by molar-refractivity contribution is -0.136. The number of nitrogens with two attached hydrogens (primary N) is 1. The zero-order valence-electron chi connectivity index (χ0n) is 18.3. The summed E-state index contributed by atoms with van der Waals surface area (Å²) in [6.07, 6.45) is -0.212. The van der Waals surface area contributed by atoms with Gasteiger partial charge in [0.1, 0.15) is 12.4 Å². The van der Waals surface area contributed by atoms with Gasteiger partial charge in [0, 0.05) is 12.7 Å². The lowest BCUT2D eigenvalue weighted by Crippen LogP contribution is -2.14. The molecule has 0 fully saturated rings. The third-order valence-corrected chi connectivity index (χ3v) is 5.39. The van der Waals surface area contributed by atoms with Gasteiger partial charge in [-0.1, -0.05) is 36.4 Å². The Balaban J connectivity index is 1.93. The molecule has 0 aliphatic heterocycles. The minimum Gasteiger partial charge on any atom is -0.489 e. The van der Waals surface area contributed by atoms with Crippen LogP contribution in [0.3, 0.4) is 0 Å². The van der Waals surface area contributed by atoms with Crippen LogP contribution in [0, 0.1) is 0 Å². The Morgan fingerprint density at radius 2 is 1.75 bits per heavy atom. The number of ether oxygens (including phenoxy) is 2. The highest BCUT2D eigenvalue weighted by molar-refractivity contribution is 5.71. The maximum Gasteiger partial charge on any atom is 0.307 e. The van der Waals surface area contributed by atoms with Gasteiger partial charge in [-0.3, -0.25) is 4.79 Å². The fourth-order valence-electron chi connectivity index (χ4n) is 3.51. The molecule has 0 spiro atoms. The van der Waals surface area contributed by atoms with Crippen molar-refractivity contribution in [3.63, 3.8) is 0 Å². The van der Waals surface area contributed by atoms with Crippen molar-refractivity contribution in [3.8, 4) is 16.9 Å². The molecular formula is C26H29NO5. The summed E-state index contributed by atoms with van der Waals surface area (Å²) in [5, 5.41) is 18.6. The lowest BCUT2D eigenvalue weighted by Gasteiger charge is -2.17. The largest absolute Gasteiger partial charge is 0.489 e. The number of carboxylic acids is 1. The van der Waals surface area contributed by atoms with E-state index in [1.165, 1.54) is 0 Å². The average molecular weight is 436 g/mol. The normalized spacial score (nSPS) is 12.9. The SMILES string of the molecule is COC(C)c1cc(COc2ccccc2CC(=O)O)cc(-c2cccc([C@H](N)CO)c2)c1. The Morgan fingerprint density at radius 3 is 2.47 bits per heavy atom. The molecule has 3 rings (SSSR count). The molecule has 6 heteroatoms. The van der Waals surface area contributed by atoms with E-state index in [1.807, 2.05) is 49.4 Å². The Labute approximate surface area is 188 Å². The second-order valence-corrected chi connectivity index (χ2v) is 7.72. The predicted octanol–water partition coefficient (Wildman–Crippen LogP) is 4.26. The molecule has 0 aliphatic carbocycles. The number of hydrogen-bond donors (Lipinski definition) is 3. The Hall–Kier alpha value is -3.19. The molecule has 0 saturated heterocycles. The number of methoxy groups -OCH3 is 1. The van der Waals surface area contributed by atoms with Crippen molar-refractivity contribution in [2.45, 2.75) is 32.1 Å². The van der Waals surface area contributed by atoms with E-state index in [1.54, 1.807) is 25.3 Å². The lowest BCUT2D eigenvalue weighted by atomic mass is 9.95. The first kappa shape index (κ1) is 23.5. The van der Waals surface area contributed by atoms with Crippen molar-refractivity contribution in [1.82, 2.24) is 0 Å². The van der Waals surface area contributed by atoms with Gasteiger partial charge in [0.15, 0.2) is 0 Å². The van der Waals surface area contributed by atoms with Crippen LogP contribution in [0.15, 0.2) is 66.7 Å². The number of benzene rings is 3. The number of carbonyl (C=O) groups is 1. The third kappa shape index (κ3) is 5.95. The van der Waals surface area contributed by atoms with Crippen LogP contribution in [0.2, 0.25) is 0 Å². The summed E-state index contributed by atoms with van der Waals surface area (Å²) in [5.41, 5.74) is 11.4. The predicted molar refractivity (Wildman–Crippen MR) is 123 cm³/mol. The van der Waals surface area contributed by atoms with Gasteiger partial charge in [0.05, 0.1) is 25.2 Å². The van der Waals surface area contributed by atoms with Crippen LogP contribution >= 0.6 is 0 Å². The summed E-state index contributed by atoms with van der Waals surface area (Å²) in [6, 6.07) is 20.6. The molecule has 168 valence electrons. The molecule has 32 heavy (non-hydrogen) atoms. The molecule has 0 saturated carbocycles. The first-order valence-corrected chi connectivity index (χ1v) is 10.5. The summed E-state index contributed by atoms with van der Waals surface area (Å²) in [6.45, 7) is 2.13. The fourth-order valence-corrected chi connectivity index (χ4v) is 3.51. The fraction of sp³-hybridized carbons (Fsp3) is 0.269. The number of carboxylic acid groups (broad SMARTS) is 1. The molecule has 1 unspecified atom stereocenters.